The molecule has 0 spiro atoms. The van der Waals surface area contributed by atoms with Crippen LogP contribution in [0.3, 0.4) is 0 Å². The number of guanidine groups is 1. The molecular formula is C17H26ClN5O. The van der Waals surface area contributed by atoms with E-state index in [1.54, 1.807) is 0 Å². The summed E-state index contributed by atoms with van der Waals surface area (Å²) in [7, 11) is 0. The number of carbonyl (C=O) groups is 1. The minimum absolute atomic E-state index is 0.0194. The summed E-state index contributed by atoms with van der Waals surface area (Å²) in [5.74, 6) is 0.364. The molecule has 3 N–H and O–H groups in total. The fraction of sp³-hybridized carbons (Fsp3) is 0.529. The van der Waals surface area contributed by atoms with Crippen LogP contribution < -0.4 is 16.0 Å². The monoisotopic (exact) mass is 351 g/mol. The number of benzene rings is 1. The molecule has 0 aliphatic carbocycles. The van der Waals surface area contributed by atoms with Crippen LogP contribution in [0.5, 0.6) is 0 Å². The van der Waals surface area contributed by atoms with Crippen molar-refractivity contribution in [3.05, 3.63) is 29.3 Å². The quantitative estimate of drug-likeness (QED) is 0.464. The van der Waals surface area contributed by atoms with Crippen molar-refractivity contribution in [2.24, 2.45) is 10.7 Å². The van der Waals surface area contributed by atoms with Gasteiger partial charge in [0.2, 0.25) is 5.91 Å². The Morgan fingerprint density at radius 1 is 1.25 bits per heavy atom. The zero-order valence-electron chi connectivity index (χ0n) is 14.2. The van der Waals surface area contributed by atoms with Gasteiger partial charge in [0.1, 0.15) is 6.54 Å². The maximum absolute atomic E-state index is 12.2. The molecule has 132 valence electrons. The SMILES string of the molecule is CCCCNC(N)=NCC(=O)N1CCN(c2ccc(Cl)cc2)CC1. The largest absolute Gasteiger partial charge is 0.370 e. The van der Waals surface area contributed by atoms with Crippen LogP contribution in [0, 0.1) is 0 Å². The number of amides is 1. The average molecular weight is 352 g/mol. The second kappa shape index (κ2) is 9.37. The van der Waals surface area contributed by atoms with Gasteiger partial charge in [-0.25, -0.2) is 4.99 Å². The minimum atomic E-state index is 0.0194. The van der Waals surface area contributed by atoms with E-state index in [4.69, 9.17) is 17.3 Å². The van der Waals surface area contributed by atoms with Crippen molar-refractivity contribution in [2.45, 2.75) is 19.8 Å². The number of piperazine rings is 1. The van der Waals surface area contributed by atoms with Crippen molar-refractivity contribution in [2.75, 3.05) is 44.2 Å². The number of hydrogen-bond acceptors (Lipinski definition) is 3. The van der Waals surface area contributed by atoms with Gasteiger partial charge >= 0.3 is 0 Å². The second-order valence-corrected chi connectivity index (χ2v) is 6.26. The van der Waals surface area contributed by atoms with Gasteiger partial charge in [0.25, 0.3) is 0 Å². The van der Waals surface area contributed by atoms with E-state index >= 15 is 0 Å². The zero-order chi connectivity index (χ0) is 17.4. The summed E-state index contributed by atoms with van der Waals surface area (Å²) in [6.07, 6.45) is 2.13. The number of hydrogen-bond donors (Lipinski definition) is 2. The molecule has 6 nitrogen and oxygen atoms in total. The van der Waals surface area contributed by atoms with Gasteiger partial charge in [0.05, 0.1) is 0 Å². The van der Waals surface area contributed by atoms with Crippen molar-refractivity contribution in [3.63, 3.8) is 0 Å². The predicted octanol–water partition coefficient (Wildman–Crippen LogP) is 1.69. The van der Waals surface area contributed by atoms with Crippen molar-refractivity contribution >= 4 is 29.2 Å². The molecule has 1 heterocycles. The molecule has 0 unspecified atom stereocenters. The highest BCUT2D eigenvalue weighted by Crippen LogP contribution is 2.19. The lowest BCUT2D eigenvalue weighted by molar-refractivity contribution is -0.129. The van der Waals surface area contributed by atoms with Crippen LogP contribution in [0.15, 0.2) is 29.3 Å². The second-order valence-electron chi connectivity index (χ2n) is 5.83. The van der Waals surface area contributed by atoms with Crippen LogP contribution in [0.4, 0.5) is 5.69 Å². The number of nitrogens with one attached hydrogen (secondary N) is 1. The number of nitrogens with two attached hydrogens (primary N) is 1. The van der Waals surface area contributed by atoms with Crippen molar-refractivity contribution in [3.8, 4) is 0 Å². The molecule has 1 saturated heterocycles. The Labute approximate surface area is 148 Å². The van der Waals surface area contributed by atoms with E-state index in [0.717, 1.165) is 43.2 Å². The summed E-state index contributed by atoms with van der Waals surface area (Å²) in [6, 6.07) is 7.79. The molecule has 7 heteroatoms. The van der Waals surface area contributed by atoms with E-state index in [0.29, 0.717) is 19.0 Å². The van der Waals surface area contributed by atoms with E-state index in [2.05, 4.69) is 22.1 Å². The number of anilines is 1. The van der Waals surface area contributed by atoms with E-state index in [1.165, 1.54) is 0 Å². The van der Waals surface area contributed by atoms with E-state index < -0.39 is 0 Å². The Balaban J connectivity index is 1.76. The molecule has 1 amide bonds. The highest BCUT2D eigenvalue weighted by atomic mass is 35.5. The van der Waals surface area contributed by atoms with Gasteiger partial charge in [-0.05, 0) is 30.7 Å². The maximum Gasteiger partial charge on any atom is 0.244 e. The van der Waals surface area contributed by atoms with Gasteiger partial charge in [0.15, 0.2) is 5.96 Å². The number of unbranched alkanes of at least 4 members (excludes halogenated alkanes) is 1. The molecule has 1 aromatic rings. The molecule has 1 aromatic carbocycles. The Bertz CT molecular complexity index is 553. The number of nitrogens with zero attached hydrogens (tertiary/aromatic N) is 3. The summed E-state index contributed by atoms with van der Waals surface area (Å²) < 4.78 is 0. The topological polar surface area (TPSA) is 74.0 Å². The molecule has 1 fully saturated rings. The van der Waals surface area contributed by atoms with Gasteiger partial charge in [-0.15, -0.1) is 0 Å². The van der Waals surface area contributed by atoms with Crippen LogP contribution in [0.25, 0.3) is 0 Å². The van der Waals surface area contributed by atoms with Gasteiger partial charge in [0, 0.05) is 43.4 Å². The van der Waals surface area contributed by atoms with Crippen molar-refractivity contribution < 1.29 is 4.79 Å². The van der Waals surface area contributed by atoms with Gasteiger partial charge in [-0.2, -0.15) is 0 Å². The number of carbonyl (C=O) groups excluding carboxylic acids is 1. The lowest BCUT2D eigenvalue weighted by Crippen LogP contribution is -2.49. The first-order chi connectivity index (χ1) is 11.6. The molecule has 0 radical (unpaired) electrons. The van der Waals surface area contributed by atoms with Crippen LogP contribution in [0.2, 0.25) is 5.02 Å². The minimum Gasteiger partial charge on any atom is -0.370 e. The molecule has 24 heavy (non-hydrogen) atoms. The van der Waals surface area contributed by atoms with E-state index in [-0.39, 0.29) is 12.5 Å². The fourth-order valence-corrected chi connectivity index (χ4v) is 2.69. The summed E-state index contributed by atoms with van der Waals surface area (Å²) >= 11 is 5.92. The number of rotatable bonds is 6. The molecule has 0 aromatic heterocycles. The Morgan fingerprint density at radius 2 is 1.92 bits per heavy atom. The molecule has 2 rings (SSSR count). The summed E-state index contributed by atoms with van der Waals surface area (Å²) in [6.45, 7) is 6.01. The first-order valence-corrected chi connectivity index (χ1v) is 8.80. The van der Waals surface area contributed by atoms with E-state index in [9.17, 15) is 4.79 Å². The summed E-state index contributed by atoms with van der Waals surface area (Å²) in [5.41, 5.74) is 6.88. The van der Waals surface area contributed by atoms with Crippen LogP contribution in [-0.4, -0.2) is 56.0 Å². The zero-order valence-corrected chi connectivity index (χ0v) is 14.9. The van der Waals surface area contributed by atoms with Gasteiger partial charge in [-0.3, -0.25) is 4.79 Å². The smallest absolute Gasteiger partial charge is 0.244 e. The first-order valence-electron chi connectivity index (χ1n) is 8.42. The fourth-order valence-electron chi connectivity index (χ4n) is 2.57. The lowest BCUT2D eigenvalue weighted by atomic mass is 10.2. The molecule has 0 saturated carbocycles. The molecular weight excluding hydrogens is 326 g/mol. The third-order valence-electron chi connectivity index (χ3n) is 4.05. The van der Waals surface area contributed by atoms with Crippen molar-refractivity contribution in [1.82, 2.24) is 10.2 Å². The van der Waals surface area contributed by atoms with Crippen LogP contribution in [-0.2, 0) is 4.79 Å². The third kappa shape index (κ3) is 5.60. The molecule has 0 atom stereocenters. The maximum atomic E-state index is 12.2. The van der Waals surface area contributed by atoms with E-state index in [1.807, 2.05) is 29.2 Å². The molecule has 1 aliphatic rings. The number of halogens is 1. The van der Waals surface area contributed by atoms with Crippen molar-refractivity contribution in [1.29, 1.82) is 0 Å². The predicted molar refractivity (Wildman–Crippen MR) is 99.6 cm³/mol. The number of aliphatic imine (C=N–C) groups is 1. The standard InChI is InChI=1S/C17H26ClN5O/c1-2-3-8-20-17(19)21-13-16(24)23-11-9-22(10-12-23)15-6-4-14(18)5-7-15/h4-7H,2-3,8-13H2,1H3,(H3,19,20,21). The van der Waals surface area contributed by atoms with Gasteiger partial charge < -0.3 is 20.9 Å². The Kier molecular flexibility index (Phi) is 7.18. The highest BCUT2D eigenvalue weighted by Gasteiger charge is 2.20. The summed E-state index contributed by atoms with van der Waals surface area (Å²) in [4.78, 5) is 20.4. The normalized spacial score (nSPS) is 15.5. The Morgan fingerprint density at radius 3 is 2.54 bits per heavy atom. The van der Waals surface area contributed by atoms with Crippen LogP contribution in [0.1, 0.15) is 19.8 Å². The average Bonchev–Trinajstić information content (AvgIpc) is 2.61. The third-order valence-corrected chi connectivity index (χ3v) is 4.30. The molecule has 0 bridgehead atoms. The first kappa shape index (κ1) is 18.4. The highest BCUT2D eigenvalue weighted by molar-refractivity contribution is 6.30. The summed E-state index contributed by atoms with van der Waals surface area (Å²) in [5, 5.41) is 3.74. The lowest BCUT2D eigenvalue weighted by Gasteiger charge is -2.36. The molecule has 1 aliphatic heterocycles. The Hall–Kier alpha value is -1.95. The van der Waals surface area contributed by atoms with Crippen LogP contribution >= 0.6 is 11.6 Å². The van der Waals surface area contributed by atoms with Gasteiger partial charge in [-0.1, -0.05) is 24.9 Å².